The van der Waals surface area contributed by atoms with Crippen LogP contribution < -0.4 is 0 Å². The summed E-state index contributed by atoms with van der Waals surface area (Å²) in [5.41, 5.74) is 0.396. The van der Waals surface area contributed by atoms with Crippen molar-refractivity contribution in [1.29, 1.82) is 0 Å². The highest BCUT2D eigenvalue weighted by Gasteiger charge is 2.43. The van der Waals surface area contributed by atoms with Crippen molar-refractivity contribution in [2.75, 3.05) is 6.61 Å². The third-order valence-corrected chi connectivity index (χ3v) is 2.75. The van der Waals surface area contributed by atoms with Gasteiger partial charge in [0.25, 0.3) is 5.76 Å². The topological polar surface area (TPSA) is 52.3 Å². The molecule has 2 rings (SSSR count). The number of ether oxygens (including phenoxy) is 1. The number of rotatable bonds is 3. The average molecular weight is 299 g/mol. The first kappa shape index (κ1) is 15.1. The third kappa shape index (κ3) is 3.07. The fraction of sp³-hybridized carbons (Fsp3) is 0.286. The largest absolute Gasteiger partial charge is 0.462 e. The van der Waals surface area contributed by atoms with Crippen LogP contribution in [0.2, 0.25) is 0 Å². The Morgan fingerprint density at radius 1 is 1.29 bits per heavy atom. The van der Waals surface area contributed by atoms with Crippen LogP contribution >= 0.6 is 0 Å². The van der Waals surface area contributed by atoms with Crippen molar-refractivity contribution in [2.45, 2.75) is 20.0 Å². The highest BCUT2D eigenvalue weighted by atomic mass is 19.4. The normalized spacial score (nSPS) is 11.5. The summed E-state index contributed by atoms with van der Waals surface area (Å²) in [6.07, 6.45) is -4.82. The van der Waals surface area contributed by atoms with Crippen LogP contribution in [0.5, 0.6) is 0 Å². The molecule has 0 saturated carbocycles. The van der Waals surface area contributed by atoms with Crippen molar-refractivity contribution >= 4 is 5.97 Å². The minimum absolute atomic E-state index is 0.0470. The van der Waals surface area contributed by atoms with Crippen LogP contribution in [0.4, 0.5) is 13.2 Å². The predicted octanol–water partition coefficient (Wildman–Crippen LogP) is 3.85. The molecule has 4 nitrogen and oxygen atoms in total. The number of nitrogens with zero attached hydrogens (tertiary/aromatic N) is 1. The average Bonchev–Trinajstić information content (AvgIpc) is 2.84. The second-order valence-electron chi connectivity index (χ2n) is 4.32. The Hall–Kier alpha value is -2.31. The van der Waals surface area contributed by atoms with Crippen molar-refractivity contribution in [3.05, 3.63) is 41.2 Å². The molecule has 0 saturated heterocycles. The first-order valence-electron chi connectivity index (χ1n) is 6.15. The van der Waals surface area contributed by atoms with Crippen molar-refractivity contribution in [3.63, 3.8) is 0 Å². The Balaban J connectivity index is 2.58. The molecule has 0 atom stereocenters. The first-order chi connectivity index (χ1) is 9.84. The number of hydrogen-bond acceptors (Lipinski definition) is 4. The van der Waals surface area contributed by atoms with Gasteiger partial charge in [0.15, 0.2) is 0 Å². The van der Waals surface area contributed by atoms with E-state index in [2.05, 4.69) is 14.4 Å². The minimum Gasteiger partial charge on any atom is -0.462 e. The zero-order chi connectivity index (χ0) is 15.6. The summed E-state index contributed by atoms with van der Waals surface area (Å²) in [4.78, 5) is 11.8. The van der Waals surface area contributed by atoms with Gasteiger partial charge in [-0.05, 0) is 13.8 Å². The van der Waals surface area contributed by atoms with E-state index in [1.165, 1.54) is 6.92 Å². The summed E-state index contributed by atoms with van der Waals surface area (Å²) in [6, 6.07) is 6.53. The van der Waals surface area contributed by atoms with Crippen molar-refractivity contribution in [3.8, 4) is 11.3 Å². The molecule has 0 spiro atoms. The molecule has 7 heteroatoms. The summed E-state index contributed by atoms with van der Waals surface area (Å²) < 4.78 is 47.7. The SMILES string of the molecule is CCOC(=O)c1c(-c2ccc(C)cc2)noc1C(F)(F)F. The Kier molecular flexibility index (Phi) is 4.02. The molecule has 0 N–H and O–H groups in total. The molecule has 112 valence electrons. The van der Waals surface area contributed by atoms with E-state index in [-0.39, 0.29) is 12.3 Å². The van der Waals surface area contributed by atoms with Gasteiger partial charge in [-0.25, -0.2) is 4.79 Å². The molecule has 1 aromatic heterocycles. The molecular weight excluding hydrogens is 287 g/mol. The summed E-state index contributed by atoms with van der Waals surface area (Å²) in [7, 11) is 0. The number of esters is 1. The van der Waals surface area contributed by atoms with Crippen molar-refractivity contribution in [2.24, 2.45) is 0 Å². The maximum atomic E-state index is 12.9. The molecule has 0 fully saturated rings. The monoisotopic (exact) mass is 299 g/mol. The van der Waals surface area contributed by atoms with Crippen molar-refractivity contribution in [1.82, 2.24) is 5.16 Å². The lowest BCUT2D eigenvalue weighted by atomic mass is 10.0. The van der Waals surface area contributed by atoms with Gasteiger partial charge in [-0.3, -0.25) is 0 Å². The van der Waals surface area contributed by atoms with E-state index in [9.17, 15) is 18.0 Å². The number of hydrogen-bond donors (Lipinski definition) is 0. The minimum atomic E-state index is -4.82. The smallest absolute Gasteiger partial charge is 0.453 e. The van der Waals surface area contributed by atoms with Gasteiger partial charge in [0.1, 0.15) is 11.3 Å². The summed E-state index contributed by atoms with van der Waals surface area (Å²) >= 11 is 0. The quantitative estimate of drug-likeness (QED) is 0.808. The van der Waals surface area contributed by atoms with E-state index in [1.54, 1.807) is 24.3 Å². The molecule has 0 bridgehead atoms. The number of aromatic nitrogens is 1. The van der Waals surface area contributed by atoms with E-state index in [0.29, 0.717) is 5.56 Å². The van der Waals surface area contributed by atoms with Crippen LogP contribution in [-0.2, 0) is 10.9 Å². The Morgan fingerprint density at radius 3 is 2.43 bits per heavy atom. The highest BCUT2D eigenvalue weighted by molar-refractivity contribution is 5.97. The molecule has 0 aliphatic carbocycles. The van der Waals surface area contributed by atoms with Crippen LogP contribution in [0, 0.1) is 6.92 Å². The van der Waals surface area contributed by atoms with Gasteiger partial charge in [0, 0.05) is 5.56 Å². The van der Waals surface area contributed by atoms with E-state index in [4.69, 9.17) is 0 Å². The maximum Gasteiger partial charge on any atom is 0.453 e. The van der Waals surface area contributed by atoms with Crippen molar-refractivity contribution < 1.29 is 27.2 Å². The number of carbonyl (C=O) groups is 1. The van der Waals surface area contributed by atoms with E-state index < -0.39 is 23.5 Å². The number of carbonyl (C=O) groups excluding carboxylic acids is 1. The second kappa shape index (κ2) is 5.59. The zero-order valence-corrected chi connectivity index (χ0v) is 11.3. The molecular formula is C14H12F3NO3. The molecule has 2 aromatic rings. The van der Waals surface area contributed by atoms with Gasteiger partial charge in [0.2, 0.25) is 0 Å². The van der Waals surface area contributed by atoms with E-state index >= 15 is 0 Å². The Labute approximate surface area is 118 Å². The Morgan fingerprint density at radius 2 is 1.90 bits per heavy atom. The van der Waals surface area contributed by atoms with Crippen LogP contribution in [0.1, 0.15) is 28.6 Å². The summed E-state index contributed by atoms with van der Waals surface area (Å²) in [6.45, 7) is 3.29. The summed E-state index contributed by atoms with van der Waals surface area (Å²) in [5.74, 6) is -2.56. The fourth-order valence-corrected chi connectivity index (χ4v) is 1.78. The lowest BCUT2D eigenvalue weighted by Gasteiger charge is -2.06. The molecule has 21 heavy (non-hydrogen) atoms. The third-order valence-electron chi connectivity index (χ3n) is 2.75. The first-order valence-corrected chi connectivity index (χ1v) is 6.15. The van der Waals surface area contributed by atoms with Crippen LogP contribution in [0.25, 0.3) is 11.3 Å². The molecule has 0 aliphatic heterocycles. The van der Waals surface area contributed by atoms with E-state index in [1.807, 2.05) is 6.92 Å². The van der Waals surface area contributed by atoms with Crippen LogP contribution in [-0.4, -0.2) is 17.7 Å². The van der Waals surface area contributed by atoms with Gasteiger partial charge in [0.05, 0.1) is 6.61 Å². The number of aryl methyl sites for hydroxylation is 1. The molecule has 0 radical (unpaired) electrons. The van der Waals surface area contributed by atoms with Crippen LogP contribution in [0.3, 0.4) is 0 Å². The Bertz CT molecular complexity index is 644. The molecule has 0 amide bonds. The molecule has 0 aliphatic rings. The lowest BCUT2D eigenvalue weighted by Crippen LogP contribution is -2.13. The van der Waals surface area contributed by atoms with Gasteiger partial charge in [-0.15, -0.1) is 0 Å². The van der Waals surface area contributed by atoms with Gasteiger partial charge < -0.3 is 9.26 Å². The molecule has 1 heterocycles. The van der Waals surface area contributed by atoms with Gasteiger partial charge in [-0.1, -0.05) is 35.0 Å². The highest BCUT2D eigenvalue weighted by Crippen LogP contribution is 2.37. The molecule has 1 aromatic carbocycles. The predicted molar refractivity (Wildman–Crippen MR) is 67.6 cm³/mol. The second-order valence-corrected chi connectivity index (χ2v) is 4.32. The number of halogens is 3. The summed E-state index contributed by atoms with van der Waals surface area (Å²) in [5, 5.41) is 3.39. The van der Waals surface area contributed by atoms with Gasteiger partial charge in [-0.2, -0.15) is 13.2 Å². The van der Waals surface area contributed by atoms with E-state index in [0.717, 1.165) is 5.56 Å². The maximum absolute atomic E-state index is 12.9. The molecule has 0 unspecified atom stereocenters. The standard InChI is InChI=1S/C14H12F3NO3/c1-3-20-13(19)10-11(9-6-4-8(2)5-7-9)18-21-12(10)14(15,16)17/h4-7H,3H2,1-2H3. The van der Waals surface area contributed by atoms with Crippen LogP contribution in [0.15, 0.2) is 28.8 Å². The number of benzene rings is 1. The van der Waals surface area contributed by atoms with Gasteiger partial charge >= 0.3 is 12.1 Å². The lowest BCUT2D eigenvalue weighted by molar-refractivity contribution is -0.156. The fourth-order valence-electron chi connectivity index (χ4n) is 1.78. The number of alkyl halides is 3. The zero-order valence-electron chi connectivity index (χ0n) is 11.3.